The van der Waals surface area contributed by atoms with E-state index in [4.69, 9.17) is 15.2 Å². The molecular weight excluding hydrogens is 362 g/mol. The molecule has 2 aromatic carbocycles. The number of nitrogen functional groups attached to an aromatic ring is 1. The first-order valence-electron chi connectivity index (χ1n) is 10.1. The zero-order chi connectivity index (χ0) is 21.8. The van der Waals surface area contributed by atoms with Crippen LogP contribution in [0.25, 0.3) is 6.08 Å². The summed E-state index contributed by atoms with van der Waals surface area (Å²) in [5.41, 5.74) is 8.66. The van der Waals surface area contributed by atoms with Crippen molar-refractivity contribution in [2.24, 2.45) is 0 Å². The SMILES string of the molecule is CC(C)Oc1ccc(C(C)(C)C)c(OC(C)C)c1/C=C/C(=O)c1ccc(N)cc1. The maximum Gasteiger partial charge on any atom is 0.185 e. The summed E-state index contributed by atoms with van der Waals surface area (Å²) in [5.74, 6) is 1.36. The van der Waals surface area contributed by atoms with Gasteiger partial charge in [0, 0.05) is 16.8 Å². The first kappa shape index (κ1) is 22.5. The third-order valence-electron chi connectivity index (χ3n) is 4.28. The first-order valence-corrected chi connectivity index (χ1v) is 10.1. The number of hydrogen-bond donors (Lipinski definition) is 1. The Hall–Kier alpha value is -2.75. The van der Waals surface area contributed by atoms with Crippen LogP contribution >= 0.6 is 0 Å². The molecule has 2 aromatic rings. The van der Waals surface area contributed by atoms with Gasteiger partial charge in [0.1, 0.15) is 11.5 Å². The van der Waals surface area contributed by atoms with Gasteiger partial charge < -0.3 is 15.2 Å². The minimum absolute atomic E-state index is 0.00216. The fourth-order valence-electron chi connectivity index (χ4n) is 2.95. The van der Waals surface area contributed by atoms with Gasteiger partial charge in [-0.1, -0.05) is 26.8 Å². The number of carbonyl (C=O) groups is 1. The van der Waals surface area contributed by atoms with Gasteiger partial charge in [-0.25, -0.2) is 0 Å². The molecule has 0 spiro atoms. The monoisotopic (exact) mass is 395 g/mol. The molecule has 4 heteroatoms. The molecule has 29 heavy (non-hydrogen) atoms. The van der Waals surface area contributed by atoms with Gasteiger partial charge in [-0.3, -0.25) is 4.79 Å². The van der Waals surface area contributed by atoms with Gasteiger partial charge >= 0.3 is 0 Å². The van der Waals surface area contributed by atoms with E-state index < -0.39 is 0 Å². The standard InChI is InChI=1S/C25H33NO3/c1-16(2)28-23-15-13-21(25(5,6)7)24(29-17(3)4)20(23)12-14-22(27)18-8-10-19(26)11-9-18/h8-17H,26H2,1-7H3/b14-12+. The highest BCUT2D eigenvalue weighted by atomic mass is 16.5. The van der Waals surface area contributed by atoms with Crippen LogP contribution in [0.4, 0.5) is 5.69 Å². The third kappa shape index (κ3) is 6.11. The summed E-state index contributed by atoms with van der Waals surface area (Å²) in [7, 11) is 0. The Bertz CT molecular complexity index is 872. The molecule has 0 aliphatic carbocycles. The molecule has 0 radical (unpaired) electrons. The zero-order valence-electron chi connectivity index (χ0n) is 18.6. The number of ketones is 1. The minimum atomic E-state index is -0.121. The Kier molecular flexibility index (Phi) is 7.12. The van der Waals surface area contributed by atoms with Crippen LogP contribution in [-0.4, -0.2) is 18.0 Å². The smallest absolute Gasteiger partial charge is 0.185 e. The van der Waals surface area contributed by atoms with Gasteiger partial charge in [-0.15, -0.1) is 0 Å². The van der Waals surface area contributed by atoms with Gasteiger partial charge in [0.25, 0.3) is 0 Å². The van der Waals surface area contributed by atoms with Crippen molar-refractivity contribution in [3.63, 3.8) is 0 Å². The maximum atomic E-state index is 12.7. The number of allylic oxidation sites excluding steroid dienone is 1. The van der Waals surface area contributed by atoms with Crippen molar-refractivity contribution in [1.82, 2.24) is 0 Å². The lowest BCUT2D eigenvalue weighted by molar-refractivity contribution is 0.104. The summed E-state index contributed by atoms with van der Waals surface area (Å²) >= 11 is 0. The van der Waals surface area contributed by atoms with Gasteiger partial charge in [-0.2, -0.15) is 0 Å². The van der Waals surface area contributed by atoms with Crippen LogP contribution in [0, 0.1) is 0 Å². The van der Waals surface area contributed by atoms with Crippen molar-refractivity contribution in [1.29, 1.82) is 0 Å². The lowest BCUT2D eigenvalue weighted by atomic mass is 9.84. The van der Waals surface area contributed by atoms with Gasteiger partial charge in [0.2, 0.25) is 0 Å². The van der Waals surface area contributed by atoms with E-state index in [1.54, 1.807) is 36.4 Å². The van der Waals surface area contributed by atoms with E-state index in [-0.39, 0.29) is 23.4 Å². The van der Waals surface area contributed by atoms with Gasteiger partial charge in [0.05, 0.1) is 17.8 Å². The number of ether oxygens (including phenoxy) is 2. The van der Waals surface area contributed by atoms with Gasteiger partial charge in [-0.05, 0) is 75.6 Å². The highest BCUT2D eigenvalue weighted by Crippen LogP contribution is 2.40. The van der Waals surface area contributed by atoms with Crippen LogP contribution in [0.5, 0.6) is 11.5 Å². The molecule has 0 aliphatic heterocycles. The summed E-state index contributed by atoms with van der Waals surface area (Å²) in [4.78, 5) is 12.7. The van der Waals surface area contributed by atoms with Crippen LogP contribution in [0.15, 0.2) is 42.5 Å². The number of anilines is 1. The number of carbonyl (C=O) groups excluding carboxylic acids is 1. The van der Waals surface area contributed by atoms with Crippen molar-refractivity contribution >= 4 is 17.5 Å². The molecule has 0 heterocycles. The molecule has 0 saturated heterocycles. The highest BCUT2D eigenvalue weighted by molar-refractivity contribution is 6.07. The Morgan fingerprint density at radius 3 is 2.03 bits per heavy atom. The van der Waals surface area contributed by atoms with Crippen molar-refractivity contribution in [3.05, 3.63) is 59.2 Å². The summed E-state index contributed by atoms with van der Waals surface area (Å²) in [5, 5.41) is 0. The minimum Gasteiger partial charge on any atom is -0.490 e. The molecule has 0 aliphatic rings. The van der Waals surface area contributed by atoms with E-state index in [1.807, 2.05) is 33.8 Å². The number of nitrogens with two attached hydrogens (primary N) is 1. The molecule has 2 N–H and O–H groups in total. The number of rotatable bonds is 7. The third-order valence-corrected chi connectivity index (χ3v) is 4.28. The average Bonchev–Trinajstić information content (AvgIpc) is 2.59. The maximum absolute atomic E-state index is 12.7. The predicted octanol–water partition coefficient (Wildman–Crippen LogP) is 6.04. The molecule has 0 unspecified atom stereocenters. The second-order valence-corrected chi connectivity index (χ2v) is 8.76. The fraction of sp³-hybridized carbons (Fsp3) is 0.400. The van der Waals surface area contributed by atoms with Crippen LogP contribution < -0.4 is 15.2 Å². The lowest BCUT2D eigenvalue weighted by Crippen LogP contribution is -2.18. The van der Waals surface area contributed by atoms with E-state index in [9.17, 15) is 4.79 Å². The molecule has 156 valence electrons. The predicted molar refractivity (Wildman–Crippen MR) is 121 cm³/mol. The molecule has 0 atom stereocenters. The largest absolute Gasteiger partial charge is 0.490 e. The normalized spacial score (nSPS) is 12.0. The van der Waals surface area contributed by atoms with Crippen molar-refractivity contribution in [2.45, 2.75) is 66.1 Å². The zero-order valence-corrected chi connectivity index (χ0v) is 18.6. The topological polar surface area (TPSA) is 61.5 Å². The van der Waals surface area contributed by atoms with E-state index in [2.05, 4.69) is 26.8 Å². The molecular formula is C25H33NO3. The van der Waals surface area contributed by atoms with Crippen molar-refractivity contribution in [2.75, 3.05) is 5.73 Å². The Labute approximate surface area is 174 Å². The highest BCUT2D eigenvalue weighted by Gasteiger charge is 2.24. The van der Waals surface area contributed by atoms with Crippen molar-refractivity contribution in [3.8, 4) is 11.5 Å². The van der Waals surface area contributed by atoms with Crippen LogP contribution in [0.2, 0.25) is 0 Å². The Balaban J connectivity index is 2.57. The molecule has 2 rings (SSSR count). The second kappa shape index (κ2) is 9.17. The molecule has 0 saturated carbocycles. The van der Waals surface area contributed by atoms with Crippen molar-refractivity contribution < 1.29 is 14.3 Å². The van der Waals surface area contributed by atoms with Crippen LogP contribution in [0.3, 0.4) is 0 Å². The molecule has 4 nitrogen and oxygen atoms in total. The summed E-state index contributed by atoms with van der Waals surface area (Å²) in [6.45, 7) is 14.4. The van der Waals surface area contributed by atoms with Crippen LogP contribution in [0.1, 0.15) is 70.0 Å². The fourth-order valence-corrected chi connectivity index (χ4v) is 2.95. The average molecular weight is 396 g/mol. The first-order chi connectivity index (χ1) is 13.5. The number of benzene rings is 2. The second-order valence-electron chi connectivity index (χ2n) is 8.76. The van der Waals surface area contributed by atoms with E-state index in [1.165, 1.54) is 0 Å². The van der Waals surface area contributed by atoms with E-state index in [0.29, 0.717) is 17.0 Å². The van der Waals surface area contributed by atoms with E-state index >= 15 is 0 Å². The Morgan fingerprint density at radius 2 is 1.52 bits per heavy atom. The summed E-state index contributed by atoms with van der Waals surface area (Å²) in [6, 6.07) is 10.9. The molecule has 0 fully saturated rings. The molecule has 0 amide bonds. The van der Waals surface area contributed by atoms with Gasteiger partial charge in [0.15, 0.2) is 5.78 Å². The van der Waals surface area contributed by atoms with Crippen LogP contribution in [-0.2, 0) is 5.41 Å². The molecule has 0 aromatic heterocycles. The number of hydrogen-bond acceptors (Lipinski definition) is 4. The molecule has 0 bridgehead atoms. The van der Waals surface area contributed by atoms with E-state index in [0.717, 1.165) is 16.9 Å². The summed E-state index contributed by atoms with van der Waals surface area (Å²) < 4.78 is 12.2. The lowest BCUT2D eigenvalue weighted by Gasteiger charge is -2.27. The summed E-state index contributed by atoms with van der Waals surface area (Å²) in [6.07, 6.45) is 3.35. The quantitative estimate of drug-likeness (QED) is 0.353. The Morgan fingerprint density at radius 1 is 0.931 bits per heavy atom.